The molecule has 132 valence electrons. The summed E-state index contributed by atoms with van der Waals surface area (Å²) in [6, 6.07) is 20.9. The number of nitrogens with two attached hydrogens (primary N) is 1. The van der Waals surface area contributed by atoms with Gasteiger partial charge in [-0.3, -0.25) is 4.79 Å². The third kappa shape index (κ3) is 4.68. The fourth-order valence-corrected chi connectivity index (χ4v) is 3.42. The number of carbonyl (C=O) groups excluding carboxylic acids is 1. The smallest absolute Gasteiger partial charge is 0.249 e. The van der Waals surface area contributed by atoms with E-state index in [1.807, 2.05) is 12.1 Å². The maximum atomic E-state index is 12.3. The Morgan fingerprint density at radius 3 is 2.16 bits per heavy atom. The van der Waals surface area contributed by atoms with Crippen LogP contribution in [-0.2, 0) is 9.53 Å². The van der Waals surface area contributed by atoms with E-state index in [1.165, 1.54) is 11.1 Å². The first-order valence-corrected chi connectivity index (χ1v) is 9.01. The van der Waals surface area contributed by atoms with E-state index < -0.39 is 0 Å². The van der Waals surface area contributed by atoms with Crippen LogP contribution < -0.4 is 11.1 Å². The SMILES string of the molecule is NC[C@H]1CC[C@@H](C(=O)NCCC(c2ccccc2)c2ccccc2)O1. The summed E-state index contributed by atoms with van der Waals surface area (Å²) in [6.45, 7) is 1.11. The van der Waals surface area contributed by atoms with Crippen LogP contribution in [-0.4, -0.2) is 31.2 Å². The fourth-order valence-electron chi connectivity index (χ4n) is 3.42. The summed E-state index contributed by atoms with van der Waals surface area (Å²) in [5.41, 5.74) is 8.14. The predicted octanol–water partition coefficient (Wildman–Crippen LogP) is 2.83. The average molecular weight is 338 g/mol. The molecular formula is C21H26N2O2. The van der Waals surface area contributed by atoms with Gasteiger partial charge in [0.2, 0.25) is 5.91 Å². The minimum Gasteiger partial charge on any atom is -0.364 e. The van der Waals surface area contributed by atoms with Crippen molar-refractivity contribution in [3.8, 4) is 0 Å². The lowest BCUT2D eigenvalue weighted by atomic mass is 9.88. The van der Waals surface area contributed by atoms with E-state index in [0.717, 1.165) is 19.3 Å². The van der Waals surface area contributed by atoms with Crippen molar-refractivity contribution < 1.29 is 9.53 Å². The number of benzene rings is 2. The molecule has 1 fully saturated rings. The average Bonchev–Trinajstić information content (AvgIpc) is 3.16. The monoisotopic (exact) mass is 338 g/mol. The zero-order valence-corrected chi connectivity index (χ0v) is 14.4. The van der Waals surface area contributed by atoms with Crippen LogP contribution in [0.25, 0.3) is 0 Å². The maximum absolute atomic E-state index is 12.3. The highest BCUT2D eigenvalue weighted by Crippen LogP contribution is 2.27. The van der Waals surface area contributed by atoms with Crippen molar-refractivity contribution in [1.82, 2.24) is 5.32 Å². The Bertz CT molecular complexity index is 621. The Morgan fingerprint density at radius 1 is 1.04 bits per heavy atom. The molecule has 0 radical (unpaired) electrons. The van der Waals surface area contributed by atoms with Crippen LogP contribution in [0.15, 0.2) is 60.7 Å². The van der Waals surface area contributed by atoms with E-state index in [9.17, 15) is 4.79 Å². The van der Waals surface area contributed by atoms with Crippen LogP contribution in [0, 0.1) is 0 Å². The van der Waals surface area contributed by atoms with E-state index in [-0.39, 0.29) is 24.0 Å². The molecule has 0 aromatic heterocycles. The molecule has 4 heteroatoms. The first-order valence-electron chi connectivity index (χ1n) is 9.01. The molecule has 3 rings (SSSR count). The van der Waals surface area contributed by atoms with E-state index in [4.69, 9.17) is 10.5 Å². The van der Waals surface area contributed by atoms with Gasteiger partial charge >= 0.3 is 0 Å². The van der Waals surface area contributed by atoms with E-state index in [2.05, 4.69) is 53.8 Å². The van der Waals surface area contributed by atoms with Crippen molar-refractivity contribution in [2.75, 3.05) is 13.1 Å². The number of hydrogen-bond acceptors (Lipinski definition) is 3. The van der Waals surface area contributed by atoms with Crippen molar-refractivity contribution in [2.24, 2.45) is 5.73 Å². The molecule has 0 aliphatic carbocycles. The highest BCUT2D eigenvalue weighted by atomic mass is 16.5. The predicted molar refractivity (Wildman–Crippen MR) is 99.3 cm³/mol. The van der Waals surface area contributed by atoms with Gasteiger partial charge in [-0.05, 0) is 30.4 Å². The van der Waals surface area contributed by atoms with Gasteiger partial charge < -0.3 is 15.8 Å². The largest absolute Gasteiger partial charge is 0.364 e. The summed E-state index contributed by atoms with van der Waals surface area (Å²) >= 11 is 0. The molecule has 1 heterocycles. The van der Waals surface area contributed by atoms with Crippen molar-refractivity contribution in [3.63, 3.8) is 0 Å². The standard InChI is InChI=1S/C21H26N2O2/c22-15-18-11-12-20(25-18)21(24)23-14-13-19(16-7-3-1-4-8-16)17-9-5-2-6-10-17/h1-10,18-20H,11-15,22H2,(H,23,24)/t18-,20+/m1/s1. The maximum Gasteiger partial charge on any atom is 0.249 e. The van der Waals surface area contributed by atoms with Gasteiger partial charge in [0, 0.05) is 19.0 Å². The van der Waals surface area contributed by atoms with Crippen LogP contribution in [0.4, 0.5) is 0 Å². The second-order valence-corrected chi connectivity index (χ2v) is 6.51. The topological polar surface area (TPSA) is 64.4 Å². The molecule has 4 nitrogen and oxygen atoms in total. The third-order valence-corrected chi connectivity index (χ3v) is 4.80. The normalized spacial score (nSPS) is 19.9. The number of carbonyl (C=O) groups is 1. The zero-order valence-electron chi connectivity index (χ0n) is 14.4. The first-order chi connectivity index (χ1) is 12.3. The van der Waals surface area contributed by atoms with Crippen LogP contribution in [0.3, 0.4) is 0 Å². The summed E-state index contributed by atoms with van der Waals surface area (Å²) < 4.78 is 5.66. The molecule has 0 bridgehead atoms. The van der Waals surface area contributed by atoms with Gasteiger partial charge in [0.1, 0.15) is 6.10 Å². The minimum absolute atomic E-state index is 0.0178. The van der Waals surface area contributed by atoms with Crippen molar-refractivity contribution in [3.05, 3.63) is 71.8 Å². The molecular weight excluding hydrogens is 312 g/mol. The van der Waals surface area contributed by atoms with Gasteiger partial charge in [0.15, 0.2) is 0 Å². The molecule has 2 aromatic rings. The molecule has 0 spiro atoms. The minimum atomic E-state index is -0.347. The number of ether oxygens (including phenoxy) is 1. The van der Waals surface area contributed by atoms with Gasteiger partial charge in [-0.25, -0.2) is 0 Å². The quantitative estimate of drug-likeness (QED) is 0.816. The second-order valence-electron chi connectivity index (χ2n) is 6.51. The first kappa shape index (κ1) is 17.6. The van der Waals surface area contributed by atoms with Gasteiger partial charge in [-0.2, -0.15) is 0 Å². The molecule has 2 atom stereocenters. The number of nitrogens with one attached hydrogen (secondary N) is 1. The van der Waals surface area contributed by atoms with Gasteiger partial charge in [0.25, 0.3) is 0 Å². The summed E-state index contributed by atoms with van der Waals surface area (Å²) in [5.74, 6) is 0.250. The molecule has 2 aromatic carbocycles. The third-order valence-electron chi connectivity index (χ3n) is 4.80. The van der Waals surface area contributed by atoms with Crippen molar-refractivity contribution in [1.29, 1.82) is 0 Å². The van der Waals surface area contributed by atoms with Gasteiger partial charge in [0.05, 0.1) is 6.10 Å². The molecule has 25 heavy (non-hydrogen) atoms. The lowest BCUT2D eigenvalue weighted by Crippen LogP contribution is -2.36. The zero-order chi connectivity index (χ0) is 17.5. The molecule has 0 saturated carbocycles. The Hall–Kier alpha value is -2.17. The molecule has 1 saturated heterocycles. The summed E-state index contributed by atoms with van der Waals surface area (Å²) in [6.07, 6.45) is 2.16. The number of amides is 1. The highest BCUT2D eigenvalue weighted by molar-refractivity contribution is 5.81. The van der Waals surface area contributed by atoms with Gasteiger partial charge in [-0.15, -0.1) is 0 Å². The Morgan fingerprint density at radius 2 is 1.64 bits per heavy atom. The molecule has 3 N–H and O–H groups in total. The number of rotatable bonds is 7. The Labute approximate surface area is 149 Å². The molecule has 1 aliphatic rings. The summed E-state index contributed by atoms with van der Waals surface area (Å²) in [5, 5.41) is 3.03. The lowest BCUT2D eigenvalue weighted by Gasteiger charge is -2.19. The second kappa shape index (κ2) is 8.79. The summed E-state index contributed by atoms with van der Waals surface area (Å²) in [4.78, 5) is 12.3. The Kier molecular flexibility index (Phi) is 6.20. The molecule has 1 aliphatic heterocycles. The van der Waals surface area contributed by atoms with Crippen LogP contribution >= 0.6 is 0 Å². The number of hydrogen-bond donors (Lipinski definition) is 2. The van der Waals surface area contributed by atoms with E-state index in [0.29, 0.717) is 13.1 Å². The van der Waals surface area contributed by atoms with Crippen molar-refractivity contribution in [2.45, 2.75) is 37.4 Å². The van der Waals surface area contributed by atoms with E-state index >= 15 is 0 Å². The fraction of sp³-hybridized carbons (Fsp3) is 0.381. The van der Waals surface area contributed by atoms with E-state index in [1.54, 1.807) is 0 Å². The van der Waals surface area contributed by atoms with Crippen LogP contribution in [0.5, 0.6) is 0 Å². The van der Waals surface area contributed by atoms with Gasteiger partial charge in [-0.1, -0.05) is 60.7 Å². The van der Waals surface area contributed by atoms with Crippen LogP contribution in [0.1, 0.15) is 36.3 Å². The van der Waals surface area contributed by atoms with Crippen LogP contribution in [0.2, 0.25) is 0 Å². The lowest BCUT2D eigenvalue weighted by molar-refractivity contribution is -0.131. The van der Waals surface area contributed by atoms with Crippen molar-refractivity contribution >= 4 is 5.91 Å². The Balaban J connectivity index is 1.59. The molecule has 0 unspecified atom stereocenters. The molecule has 1 amide bonds. The summed E-state index contributed by atoms with van der Waals surface area (Å²) in [7, 11) is 0. The highest BCUT2D eigenvalue weighted by Gasteiger charge is 2.29.